The van der Waals surface area contributed by atoms with Gasteiger partial charge in [-0.05, 0) is 5.41 Å². The summed E-state index contributed by atoms with van der Waals surface area (Å²) in [5.41, 5.74) is -4.46. The first-order chi connectivity index (χ1) is 10.0. The van der Waals surface area contributed by atoms with Crippen LogP contribution in [0, 0.1) is 10.8 Å². The van der Waals surface area contributed by atoms with Crippen LogP contribution >= 0.6 is 0 Å². The van der Waals surface area contributed by atoms with E-state index in [1.54, 1.807) is 20.8 Å². The molecule has 0 aromatic heterocycles. The van der Waals surface area contributed by atoms with E-state index in [9.17, 15) is 24.6 Å². The van der Waals surface area contributed by atoms with Gasteiger partial charge in [-0.3, -0.25) is 9.59 Å². The minimum absolute atomic E-state index is 0.178. The summed E-state index contributed by atoms with van der Waals surface area (Å²) in [6, 6.07) is 0. The van der Waals surface area contributed by atoms with Crippen molar-refractivity contribution >= 4 is 17.9 Å². The van der Waals surface area contributed by atoms with Crippen LogP contribution in [0.5, 0.6) is 0 Å². The van der Waals surface area contributed by atoms with E-state index >= 15 is 0 Å². The average Bonchev–Trinajstić information content (AvgIpc) is 2.63. The van der Waals surface area contributed by atoms with E-state index in [0.29, 0.717) is 0 Å². The van der Waals surface area contributed by atoms with E-state index in [1.807, 2.05) is 0 Å². The summed E-state index contributed by atoms with van der Waals surface area (Å²) < 4.78 is 15.3. The molecular weight excluding hydrogens is 296 g/mol. The molecule has 0 amide bonds. The minimum Gasteiger partial charge on any atom is -0.461 e. The molecule has 0 aliphatic carbocycles. The van der Waals surface area contributed by atoms with Gasteiger partial charge in [0.25, 0.3) is 6.29 Å². The predicted octanol–water partition coefficient (Wildman–Crippen LogP) is -0.744. The van der Waals surface area contributed by atoms with Crippen LogP contribution < -0.4 is 0 Å². The first kappa shape index (κ1) is 15.2. The Labute approximate surface area is 126 Å². The van der Waals surface area contributed by atoms with Crippen molar-refractivity contribution < 1.29 is 38.8 Å². The maximum atomic E-state index is 12.5. The molecule has 3 aliphatic rings. The SMILES string of the molecule is CC(C)(C)[C@]1(O)C[C@@H]2OC(=O)C[C@@]23C(=O)O[C@@H]1OC(=O)[C@@H]3O. The zero-order valence-corrected chi connectivity index (χ0v) is 12.5. The summed E-state index contributed by atoms with van der Waals surface area (Å²) in [4.78, 5) is 36.2. The number of hydrogen-bond acceptors (Lipinski definition) is 8. The molecule has 5 atom stereocenters. The Morgan fingerprint density at radius 3 is 2.36 bits per heavy atom. The highest BCUT2D eigenvalue weighted by Gasteiger charge is 2.71. The molecule has 3 rings (SSSR count). The number of aliphatic hydroxyl groups is 2. The largest absolute Gasteiger partial charge is 0.461 e. The first-order valence-electron chi connectivity index (χ1n) is 7.04. The third-order valence-electron chi connectivity index (χ3n) is 5.00. The van der Waals surface area contributed by atoms with Gasteiger partial charge in [-0.25, -0.2) is 4.79 Å². The van der Waals surface area contributed by atoms with Crippen molar-refractivity contribution in [3.8, 4) is 0 Å². The molecule has 22 heavy (non-hydrogen) atoms. The van der Waals surface area contributed by atoms with Gasteiger partial charge in [-0.15, -0.1) is 0 Å². The zero-order chi connectivity index (χ0) is 16.5. The van der Waals surface area contributed by atoms with E-state index in [1.165, 1.54) is 0 Å². The van der Waals surface area contributed by atoms with E-state index < -0.39 is 59.3 Å². The second-order valence-corrected chi connectivity index (χ2v) is 7.15. The maximum absolute atomic E-state index is 12.5. The summed E-state index contributed by atoms with van der Waals surface area (Å²) in [6.45, 7) is 5.05. The number of esters is 3. The molecule has 2 N–H and O–H groups in total. The van der Waals surface area contributed by atoms with Gasteiger partial charge in [0, 0.05) is 6.42 Å². The molecule has 0 radical (unpaired) electrons. The lowest BCUT2D eigenvalue weighted by Gasteiger charge is -2.44. The van der Waals surface area contributed by atoms with E-state index in [-0.39, 0.29) is 6.42 Å². The molecule has 8 heteroatoms. The summed E-state index contributed by atoms with van der Waals surface area (Å²) in [5.74, 6) is -2.81. The quantitative estimate of drug-likeness (QED) is 0.561. The Balaban J connectivity index is 2.20. The fourth-order valence-corrected chi connectivity index (χ4v) is 3.31. The lowest BCUT2D eigenvalue weighted by atomic mass is 9.67. The second-order valence-electron chi connectivity index (χ2n) is 7.15. The third-order valence-corrected chi connectivity index (χ3v) is 5.00. The van der Waals surface area contributed by atoms with Crippen LogP contribution in [0.2, 0.25) is 0 Å². The highest BCUT2D eigenvalue weighted by molar-refractivity contribution is 5.94. The third kappa shape index (κ3) is 1.67. The normalized spacial score (nSPS) is 44.6. The molecule has 2 bridgehead atoms. The fourth-order valence-electron chi connectivity index (χ4n) is 3.31. The van der Waals surface area contributed by atoms with Crippen LogP contribution in [-0.2, 0) is 28.6 Å². The Hall–Kier alpha value is -1.67. The lowest BCUT2D eigenvalue weighted by Crippen LogP contribution is -2.59. The maximum Gasteiger partial charge on any atom is 0.339 e. The zero-order valence-electron chi connectivity index (χ0n) is 12.5. The van der Waals surface area contributed by atoms with Crippen LogP contribution in [0.25, 0.3) is 0 Å². The molecule has 0 saturated carbocycles. The van der Waals surface area contributed by atoms with Gasteiger partial charge in [0.15, 0.2) is 11.5 Å². The predicted molar refractivity (Wildman–Crippen MR) is 67.9 cm³/mol. The molecule has 3 fully saturated rings. The van der Waals surface area contributed by atoms with Crippen LogP contribution in [0.3, 0.4) is 0 Å². The van der Waals surface area contributed by atoms with E-state index in [4.69, 9.17) is 14.2 Å². The van der Waals surface area contributed by atoms with Crippen molar-refractivity contribution in [2.45, 2.75) is 57.7 Å². The Bertz CT molecular complexity index is 564. The minimum atomic E-state index is -1.87. The Kier molecular flexibility index (Phi) is 2.91. The Morgan fingerprint density at radius 2 is 1.77 bits per heavy atom. The van der Waals surface area contributed by atoms with E-state index in [2.05, 4.69) is 0 Å². The van der Waals surface area contributed by atoms with Gasteiger partial charge in [-0.2, -0.15) is 0 Å². The fraction of sp³-hybridized carbons (Fsp3) is 0.786. The molecule has 3 aliphatic heterocycles. The van der Waals surface area contributed by atoms with Gasteiger partial charge in [0.05, 0.1) is 6.42 Å². The van der Waals surface area contributed by atoms with Crippen molar-refractivity contribution in [2.24, 2.45) is 10.8 Å². The summed E-state index contributed by atoms with van der Waals surface area (Å²) >= 11 is 0. The number of aliphatic hydroxyl groups excluding tert-OH is 1. The van der Waals surface area contributed by atoms with Crippen LogP contribution in [-0.4, -0.2) is 52.2 Å². The van der Waals surface area contributed by atoms with Crippen molar-refractivity contribution in [2.75, 3.05) is 0 Å². The molecule has 122 valence electrons. The average molecular weight is 314 g/mol. The van der Waals surface area contributed by atoms with Crippen molar-refractivity contribution in [3.63, 3.8) is 0 Å². The van der Waals surface area contributed by atoms with Crippen molar-refractivity contribution in [3.05, 3.63) is 0 Å². The molecule has 0 aromatic carbocycles. The van der Waals surface area contributed by atoms with E-state index in [0.717, 1.165) is 0 Å². The summed E-state index contributed by atoms with van der Waals surface area (Å²) in [6.07, 6.45) is -5.25. The van der Waals surface area contributed by atoms with Crippen molar-refractivity contribution in [1.29, 1.82) is 0 Å². The van der Waals surface area contributed by atoms with Crippen LogP contribution in [0.1, 0.15) is 33.6 Å². The van der Waals surface area contributed by atoms with Gasteiger partial charge < -0.3 is 24.4 Å². The monoisotopic (exact) mass is 314 g/mol. The first-order valence-corrected chi connectivity index (χ1v) is 7.04. The molecule has 0 unspecified atom stereocenters. The number of carbonyl (C=O) groups is 3. The number of carbonyl (C=O) groups excluding carboxylic acids is 3. The van der Waals surface area contributed by atoms with Gasteiger partial charge in [0.2, 0.25) is 0 Å². The Morgan fingerprint density at radius 1 is 1.14 bits per heavy atom. The lowest BCUT2D eigenvalue weighted by molar-refractivity contribution is -0.255. The standard InChI is InChI=1S/C14H18O8/c1-12(2,3)14(19)4-6-13(5-7(15)20-6)8(16)9(17)21-11(14)22-10(13)18/h6,8,11,16,19H,4-5H2,1-3H3/t6-,8-,11-,13+,14-/m0/s1. The highest BCUT2D eigenvalue weighted by Crippen LogP contribution is 2.53. The molecule has 8 nitrogen and oxygen atoms in total. The van der Waals surface area contributed by atoms with Gasteiger partial charge >= 0.3 is 17.9 Å². The molecule has 3 heterocycles. The topological polar surface area (TPSA) is 119 Å². The van der Waals surface area contributed by atoms with Crippen LogP contribution in [0.4, 0.5) is 0 Å². The van der Waals surface area contributed by atoms with Crippen LogP contribution in [0.15, 0.2) is 0 Å². The molecule has 3 saturated heterocycles. The number of fused-ring (bicyclic) bond motifs is 2. The summed E-state index contributed by atoms with van der Waals surface area (Å²) in [5, 5.41) is 21.2. The second kappa shape index (κ2) is 4.20. The number of rotatable bonds is 0. The summed E-state index contributed by atoms with van der Waals surface area (Å²) in [7, 11) is 0. The molecule has 0 aromatic rings. The molecular formula is C14H18O8. The van der Waals surface area contributed by atoms with Gasteiger partial charge in [0.1, 0.15) is 11.7 Å². The van der Waals surface area contributed by atoms with Gasteiger partial charge in [-0.1, -0.05) is 20.8 Å². The molecule has 1 spiro atoms. The van der Waals surface area contributed by atoms with Crippen molar-refractivity contribution in [1.82, 2.24) is 0 Å². The number of hydrogen-bond donors (Lipinski definition) is 2. The smallest absolute Gasteiger partial charge is 0.339 e. The number of ether oxygens (including phenoxy) is 3. The highest BCUT2D eigenvalue weighted by atomic mass is 16.7.